The molecule has 8 heteroatoms. The SMILES string of the molecule is Cc1c(C(=O)O)cccc1S(=O)(=O)NCc1nccs1. The Bertz CT molecular complexity index is 724. The molecule has 0 amide bonds. The van der Waals surface area contributed by atoms with Crippen LogP contribution in [0.4, 0.5) is 0 Å². The lowest BCUT2D eigenvalue weighted by molar-refractivity contribution is 0.0696. The molecule has 0 saturated heterocycles. The molecule has 1 aromatic carbocycles. The summed E-state index contributed by atoms with van der Waals surface area (Å²) in [6, 6.07) is 4.16. The third-order valence-electron chi connectivity index (χ3n) is 2.70. The summed E-state index contributed by atoms with van der Waals surface area (Å²) < 4.78 is 26.8. The molecule has 2 N–H and O–H groups in total. The zero-order chi connectivity index (χ0) is 14.8. The highest BCUT2D eigenvalue weighted by Crippen LogP contribution is 2.19. The Labute approximate surface area is 120 Å². The van der Waals surface area contributed by atoms with Gasteiger partial charge in [0, 0.05) is 11.6 Å². The fraction of sp³-hybridized carbons (Fsp3) is 0.167. The van der Waals surface area contributed by atoms with E-state index in [4.69, 9.17) is 5.11 Å². The number of thiazole rings is 1. The number of nitrogens with one attached hydrogen (secondary N) is 1. The van der Waals surface area contributed by atoms with Gasteiger partial charge in [0.15, 0.2) is 0 Å². The predicted octanol–water partition coefficient (Wildman–Crippen LogP) is 1.63. The van der Waals surface area contributed by atoms with Crippen LogP contribution in [0.15, 0.2) is 34.7 Å². The molecular weight excluding hydrogens is 300 g/mol. The van der Waals surface area contributed by atoms with E-state index in [0.717, 1.165) is 0 Å². The summed E-state index contributed by atoms with van der Waals surface area (Å²) in [7, 11) is -3.77. The molecule has 0 bridgehead atoms. The largest absolute Gasteiger partial charge is 0.478 e. The number of rotatable bonds is 5. The molecule has 0 saturated carbocycles. The van der Waals surface area contributed by atoms with Crippen LogP contribution in [-0.2, 0) is 16.6 Å². The highest BCUT2D eigenvalue weighted by molar-refractivity contribution is 7.89. The van der Waals surface area contributed by atoms with E-state index in [0.29, 0.717) is 5.01 Å². The maximum absolute atomic E-state index is 12.2. The lowest BCUT2D eigenvalue weighted by Crippen LogP contribution is -2.24. The van der Waals surface area contributed by atoms with E-state index in [-0.39, 0.29) is 22.6 Å². The fourth-order valence-electron chi connectivity index (χ4n) is 1.71. The summed E-state index contributed by atoms with van der Waals surface area (Å²) in [6.07, 6.45) is 1.59. The van der Waals surface area contributed by atoms with Gasteiger partial charge in [-0.1, -0.05) is 6.07 Å². The van der Waals surface area contributed by atoms with Crippen molar-refractivity contribution in [2.45, 2.75) is 18.4 Å². The maximum Gasteiger partial charge on any atom is 0.335 e. The molecule has 0 aliphatic carbocycles. The van der Waals surface area contributed by atoms with E-state index in [2.05, 4.69) is 9.71 Å². The molecule has 0 unspecified atom stereocenters. The second-order valence-corrected chi connectivity index (χ2v) is 6.70. The van der Waals surface area contributed by atoms with E-state index in [1.807, 2.05) is 0 Å². The summed E-state index contributed by atoms with van der Waals surface area (Å²) in [5.74, 6) is -1.15. The molecule has 0 spiro atoms. The Morgan fingerprint density at radius 1 is 1.45 bits per heavy atom. The van der Waals surface area contributed by atoms with Crippen molar-refractivity contribution in [1.82, 2.24) is 9.71 Å². The lowest BCUT2D eigenvalue weighted by atomic mass is 10.1. The highest BCUT2D eigenvalue weighted by atomic mass is 32.2. The van der Waals surface area contributed by atoms with Crippen molar-refractivity contribution >= 4 is 27.3 Å². The van der Waals surface area contributed by atoms with E-state index in [9.17, 15) is 13.2 Å². The van der Waals surface area contributed by atoms with Crippen LogP contribution in [0.5, 0.6) is 0 Å². The minimum Gasteiger partial charge on any atom is -0.478 e. The summed E-state index contributed by atoms with van der Waals surface area (Å²) in [6.45, 7) is 1.55. The molecule has 1 heterocycles. The summed E-state index contributed by atoms with van der Waals surface area (Å²) in [5, 5.41) is 11.4. The smallest absolute Gasteiger partial charge is 0.335 e. The van der Waals surface area contributed by atoms with Crippen LogP contribution in [0.1, 0.15) is 20.9 Å². The van der Waals surface area contributed by atoms with Crippen LogP contribution in [-0.4, -0.2) is 24.5 Å². The first-order valence-electron chi connectivity index (χ1n) is 5.63. The Balaban J connectivity index is 2.30. The van der Waals surface area contributed by atoms with E-state index in [1.54, 1.807) is 11.6 Å². The number of hydrogen-bond acceptors (Lipinski definition) is 5. The average Bonchev–Trinajstić information content (AvgIpc) is 2.89. The normalized spacial score (nSPS) is 11.4. The van der Waals surface area contributed by atoms with Gasteiger partial charge in [0.1, 0.15) is 5.01 Å². The van der Waals surface area contributed by atoms with Crippen molar-refractivity contribution in [3.8, 4) is 0 Å². The van der Waals surface area contributed by atoms with Crippen LogP contribution in [0, 0.1) is 6.92 Å². The van der Waals surface area contributed by atoms with Crippen LogP contribution in [0.25, 0.3) is 0 Å². The Morgan fingerprint density at radius 2 is 2.20 bits per heavy atom. The highest BCUT2D eigenvalue weighted by Gasteiger charge is 2.20. The number of hydrogen-bond donors (Lipinski definition) is 2. The Kier molecular flexibility index (Phi) is 4.17. The van der Waals surface area contributed by atoms with Gasteiger partial charge >= 0.3 is 5.97 Å². The molecule has 20 heavy (non-hydrogen) atoms. The minimum atomic E-state index is -3.77. The number of aromatic nitrogens is 1. The van der Waals surface area contributed by atoms with Gasteiger partial charge in [0.05, 0.1) is 17.0 Å². The molecule has 0 atom stereocenters. The zero-order valence-electron chi connectivity index (χ0n) is 10.5. The van der Waals surface area contributed by atoms with E-state index in [1.165, 1.54) is 36.5 Å². The number of sulfonamides is 1. The third kappa shape index (κ3) is 3.03. The number of nitrogens with zero attached hydrogens (tertiary/aromatic N) is 1. The van der Waals surface area contributed by atoms with Gasteiger partial charge in [0.25, 0.3) is 0 Å². The number of aromatic carboxylic acids is 1. The van der Waals surface area contributed by atoms with Gasteiger partial charge in [-0.25, -0.2) is 22.9 Å². The number of carboxylic acid groups (broad SMARTS) is 1. The Morgan fingerprint density at radius 3 is 2.80 bits per heavy atom. The lowest BCUT2D eigenvalue weighted by Gasteiger charge is -2.10. The molecule has 1 aromatic heterocycles. The first kappa shape index (κ1) is 14.6. The van der Waals surface area contributed by atoms with Gasteiger partial charge in [-0.15, -0.1) is 11.3 Å². The average molecular weight is 312 g/mol. The first-order chi connectivity index (χ1) is 9.42. The van der Waals surface area contributed by atoms with Crippen molar-refractivity contribution in [3.63, 3.8) is 0 Å². The fourth-order valence-corrected chi connectivity index (χ4v) is 3.61. The van der Waals surface area contributed by atoms with E-state index < -0.39 is 16.0 Å². The third-order valence-corrected chi connectivity index (χ3v) is 5.03. The molecule has 0 aliphatic heterocycles. The van der Waals surface area contributed by atoms with Crippen molar-refractivity contribution in [1.29, 1.82) is 0 Å². The molecule has 0 fully saturated rings. The van der Waals surface area contributed by atoms with Crippen molar-refractivity contribution in [2.75, 3.05) is 0 Å². The molecule has 106 valence electrons. The maximum atomic E-state index is 12.2. The van der Waals surface area contributed by atoms with Gasteiger partial charge in [-0.2, -0.15) is 0 Å². The van der Waals surface area contributed by atoms with Crippen LogP contribution >= 0.6 is 11.3 Å². The molecule has 0 aliphatic rings. The second-order valence-electron chi connectivity index (χ2n) is 3.98. The monoisotopic (exact) mass is 312 g/mol. The molecule has 0 radical (unpaired) electrons. The van der Waals surface area contributed by atoms with Gasteiger partial charge < -0.3 is 5.11 Å². The zero-order valence-corrected chi connectivity index (χ0v) is 12.2. The van der Waals surface area contributed by atoms with Crippen molar-refractivity contribution in [2.24, 2.45) is 0 Å². The summed E-state index contributed by atoms with van der Waals surface area (Å²) >= 11 is 1.34. The predicted molar refractivity (Wildman–Crippen MR) is 74.3 cm³/mol. The van der Waals surface area contributed by atoms with Crippen LogP contribution in [0.3, 0.4) is 0 Å². The van der Waals surface area contributed by atoms with Crippen molar-refractivity contribution in [3.05, 3.63) is 45.9 Å². The quantitative estimate of drug-likeness (QED) is 0.874. The standard InChI is InChI=1S/C12H12N2O4S2/c1-8-9(12(15)16)3-2-4-10(8)20(17,18)14-7-11-13-5-6-19-11/h2-6,14H,7H2,1H3,(H,15,16). The number of benzene rings is 1. The number of carbonyl (C=O) groups is 1. The molecular formula is C12H12N2O4S2. The van der Waals surface area contributed by atoms with E-state index >= 15 is 0 Å². The second kappa shape index (κ2) is 5.70. The number of carboxylic acids is 1. The Hall–Kier alpha value is -1.77. The molecule has 2 aromatic rings. The molecule has 6 nitrogen and oxygen atoms in total. The topological polar surface area (TPSA) is 96.4 Å². The van der Waals surface area contributed by atoms with Gasteiger partial charge in [0.2, 0.25) is 10.0 Å². The summed E-state index contributed by atoms with van der Waals surface area (Å²) in [5.41, 5.74) is 0.189. The van der Waals surface area contributed by atoms with Crippen molar-refractivity contribution < 1.29 is 18.3 Å². The van der Waals surface area contributed by atoms with Gasteiger partial charge in [-0.3, -0.25) is 0 Å². The van der Waals surface area contributed by atoms with Crippen LogP contribution in [0.2, 0.25) is 0 Å². The van der Waals surface area contributed by atoms with Gasteiger partial charge in [-0.05, 0) is 24.6 Å². The summed E-state index contributed by atoms with van der Waals surface area (Å²) in [4.78, 5) is 15.0. The first-order valence-corrected chi connectivity index (χ1v) is 7.99. The molecule has 2 rings (SSSR count). The van der Waals surface area contributed by atoms with Crippen LogP contribution < -0.4 is 4.72 Å². The minimum absolute atomic E-state index is 0.0258.